The Morgan fingerprint density at radius 3 is 2.31 bits per heavy atom. The Morgan fingerprint density at radius 1 is 1.00 bits per heavy atom. The second-order valence-electron chi connectivity index (χ2n) is 10.6. The van der Waals surface area contributed by atoms with Crippen molar-refractivity contribution < 1.29 is 29.3 Å². The van der Waals surface area contributed by atoms with Gasteiger partial charge in [-0.1, -0.05) is 62.9 Å². The number of alkyl carbamates (subject to hydrolysis) is 1. The molecule has 2 atom stereocenters. The molecular formula is C30H43N3O6. The number of unbranched alkanes of at least 4 members (excludes halogenated alkanes) is 4. The SMILES string of the molecule is CCCCCCCN(C(=O)C(CO)NC(=O)OC(C)(C)C)C(C(=O)Nc1ccccc1C)c1cccc(O)c1. The molecule has 0 spiro atoms. The summed E-state index contributed by atoms with van der Waals surface area (Å²) in [4.78, 5) is 41.5. The number of aryl methyl sites for hydroxylation is 1. The number of aliphatic hydroxyl groups excluding tert-OH is 1. The smallest absolute Gasteiger partial charge is 0.408 e. The summed E-state index contributed by atoms with van der Waals surface area (Å²) < 4.78 is 5.28. The predicted molar refractivity (Wildman–Crippen MR) is 151 cm³/mol. The van der Waals surface area contributed by atoms with E-state index in [2.05, 4.69) is 17.6 Å². The van der Waals surface area contributed by atoms with E-state index in [1.54, 1.807) is 45.0 Å². The number of aliphatic hydroxyl groups is 1. The molecule has 3 amide bonds. The molecule has 214 valence electrons. The second-order valence-corrected chi connectivity index (χ2v) is 10.6. The first kappa shape index (κ1) is 31.6. The first-order valence-electron chi connectivity index (χ1n) is 13.5. The number of phenolic OH excluding ortho intramolecular Hbond substituents is 1. The van der Waals surface area contributed by atoms with Crippen LogP contribution in [0.15, 0.2) is 48.5 Å². The molecule has 2 unspecified atom stereocenters. The molecule has 0 aliphatic rings. The van der Waals surface area contributed by atoms with Crippen LogP contribution in [0.25, 0.3) is 0 Å². The number of para-hydroxylation sites is 1. The number of benzene rings is 2. The highest BCUT2D eigenvalue weighted by atomic mass is 16.6. The summed E-state index contributed by atoms with van der Waals surface area (Å²) >= 11 is 0. The van der Waals surface area contributed by atoms with Crippen LogP contribution in [0.5, 0.6) is 5.75 Å². The number of amides is 3. The predicted octanol–water partition coefficient (Wildman–Crippen LogP) is 5.07. The van der Waals surface area contributed by atoms with E-state index in [0.717, 1.165) is 31.2 Å². The number of aromatic hydroxyl groups is 1. The van der Waals surface area contributed by atoms with E-state index < -0.39 is 42.2 Å². The summed E-state index contributed by atoms with van der Waals surface area (Å²) in [6, 6.07) is 11.0. The molecule has 9 nitrogen and oxygen atoms in total. The number of nitrogens with one attached hydrogen (secondary N) is 2. The van der Waals surface area contributed by atoms with Crippen molar-refractivity contribution in [1.82, 2.24) is 10.2 Å². The fraction of sp³-hybridized carbons (Fsp3) is 0.500. The normalized spacial score (nSPS) is 12.8. The van der Waals surface area contributed by atoms with E-state index in [-0.39, 0.29) is 12.3 Å². The third-order valence-electron chi connectivity index (χ3n) is 6.11. The highest BCUT2D eigenvalue weighted by Gasteiger charge is 2.36. The van der Waals surface area contributed by atoms with Crippen molar-refractivity contribution >= 4 is 23.6 Å². The molecule has 2 rings (SSSR count). The van der Waals surface area contributed by atoms with Gasteiger partial charge in [0.25, 0.3) is 5.91 Å². The topological polar surface area (TPSA) is 128 Å². The van der Waals surface area contributed by atoms with Crippen molar-refractivity contribution in [2.45, 2.75) is 84.4 Å². The van der Waals surface area contributed by atoms with E-state index in [1.807, 2.05) is 19.1 Å². The fourth-order valence-corrected chi connectivity index (χ4v) is 4.17. The quantitative estimate of drug-likeness (QED) is 0.262. The molecule has 0 fully saturated rings. The van der Waals surface area contributed by atoms with Crippen molar-refractivity contribution in [2.24, 2.45) is 0 Å². The van der Waals surface area contributed by atoms with Crippen LogP contribution in [0.1, 0.15) is 77.0 Å². The zero-order valence-electron chi connectivity index (χ0n) is 23.7. The molecule has 39 heavy (non-hydrogen) atoms. The van der Waals surface area contributed by atoms with E-state index in [0.29, 0.717) is 17.7 Å². The number of rotatable bonds is 13. The third-order valence-corrected chi connectivity index (χ3v) is 6.11. The van der Waals surface area contributed by atoms with E-state index in [1.165, 1.54) is 17.0 Å². The molecule has 0 aliphatic heterocycles. The molecule has 0 aliphatic carbocycles. The molecule has 0 saturated heterocycles. The lowest BCUT2D eigenvalue weighted by molar-refractivity contribution is -0.141. The van der Waals surface area contributed by atoms with Crippen molar-refractivity contribution in [3.63, 3.8) is 0 Å². The van der Waals surface area contributed by atoms with Gasteiger partial charge in [-0.25, -0.2) is 4.79 Å². The molecule has 0 bridgehead atoms. The monoisotopic (exact) mass is 541 g/mol. The van der Waals surface area contributed by atoms with Crippen molar-refractivity contribution in [3.05, 3.63) is 59.7 Å². The Labute approximate surface area is 231 Å². The van der Waals surface area contributed by atoms with Gasteiger partial charge in [-0.3, -0.25) is 9.59 Å². The Hall–Kier alpha value is -3.59. The molecule has 2 aromatic rings. The minimum atomic E-state index is -1.33. The average molecular weight is 542 g/mol. The molecule has 0 heterocycles. The maximum Gasteiger partial charge on any atom is 0.408 e. The van der Waals surface area contributed by atoms with Crippen molar-refractivity contribution in [2.75, 3.05) is 18.5 Å². The van der Waals surface area contributed by atoms with Gasteiger partial charge in [0, 0.05) is 12.2 Å². The summed E-state index contributed by atoms with van der Waals surface area (Å²) in [6.45, 7) is 8.57. The van der Waals surface area contributed by atoms with Crippen LogP contribution >= 0.6 is 0 Å². The Balaban J connectivity index is 2.47. The van der Waals surface area contributed by atoms with Crippen molar-refractivity contribution in [3.8, 4) is 5.75 Å². The zero-order chi connectivity index (χ0) is 29.0. The van der Waals surface area contributed by atoms with Gasteiger partial charge < -0.3 is 30.5 Å². The molecule has 0 aromatic heterocycles. The molecule has 0 saturated carbocycles. The Bertz CT molecular complexity index is 1100. The zero-order valence-corrected chi connectivity index (χ0v) is 23.7. The first-order chi connectivity index (χ1) is 18.5. The van der Waals surface area contributed by atoms with Crippen molar-refractivity contribution in [1.29, 1.82) is 0 Å². The van der Waals surface area contributed by atoms with Gasteiger partial charge in [-0.2, -0.15) is 0 Å². The van der Waals surface area contributed by atoms with E-state index >= 15 is 0 Å². The molecule has 2 aromatic carbocycles. The lowest BCUT2D eigenvalue weighted by atomic mass is 10.0. The summed E-state index contributed by atoms with van der Waals surface area (Å²) in [5.41, 5.74) is 1.03. The lowest BCUT2D eigenvalue weighted by Crippen LogP contribution is -2.54. The number of phenols is 1. The lowest BCUT2D eigenvalue weighted by Gasteiger charge is -2.34. The largest absolute Gasteiger partial charge is 0.508 e. The number of carbonyl (C=O) groups excluding carboxylic acids is 3. The first-order valence-corrected chi connectivity index (χ1v) is 13.5. The number of hydrogen-bond acceptors (Lipinski definition) is 6. The minimum absolute atomic E-state index is 0.0536. The van der Waals surface area contributed by atoms with Crippen LogP contribution in [0.2, 0.25) is 0 Å². The second kappa shape index (κ2) is 15.1. The Kier molecular flexibility index (Phi) is 12.3. The molecule has 0 radical (unpaired) electrons. The van der Waals surface area contributed by atoms with Crippen LogP contribution in [0.3, 0.4) is 0 Å². The van der Waals surface area contributed by atoms with Crippen LogP contribution in [-0.4, -0.2) is 57.8 Å². The summed E-state index contributed by atoms with van der Waals surface area (Å²) in [5, 5.41) is 25.6. The van der Waals surface area contributed by atoms with Gasteiger partial charge in [-0.05, 0) is 63.4 Å². The number of ether oxygens (including phenoxy) is 1. The van der Waals surface area contributed by atoms with Gasteiger partial charge >= 0.3 is 6.09 Å². The average Bonchev–Trinajstić information content (AvgIpc) is 2.86. The van der Waals surface area contributed by atoms with Gasteiger partial charge in [0.2, 0.25) is 5.91 Å². The highest BCUT2D eigenvalue weighted by Crippen LogP contribution is 2.28. The molecular weight excluding hydrogens is 498 g/mol. The summed E-state index contributed by atoms with van der Waals surface area (Å²) in [6.07, 6.45) is 3.69. The standard InChI is InChI=1S/C30H43N3O6/c1-6-7-8-9-12-18-33(28(37)25(20-34)32-29(38)39-30(3,4)5)26(22-15-13-16-23(35)19-22)27(36)31-24-17-11-10-14-21(24)2/h10-11,13-17,19,25-26,34-35H,6-9,12,18,20H2,1-5H3,(H,31,36)(H,32,38). The third kappa shape index (κ3) is 10.2. The van der Waals surface area contributed by atoms with Crippen LogP contribution in [-0.2, 0) is 14.3 Å². The summed E-state index contributed by atoms with van der Waals surface area (Å²) in [5.74, 6) is -1.17. The maximum absolute atomic E-state index is 13.9. The van der Waals surface area contributed by atoms with E-state index in [4.69, 9.17) is 4.74 Å². The highest BCUT2D eigenvalue weighted by molar-refractivity contribution is 5.99. The van der Waals surface area contributed by atoms with E-state index in [9.17, 15) is 24.6 Å². The number of hydrogen-bond donors (Lipinski definition) is 4. The molecule has 9 heteroatoms. The Morgan fingerprint density at radius 2 is 1.69 bits per heavy atom. The van der Waals surface area contributed by atoms with Crippen LogP contribution in [0.4, 0.5) is 10.5 Å². The number of carbonyl (C=O) groups is 3. The van der Waals surface area contributed by atoms with Gasteiger partial charge in [-0.15, -0.1) is 0 Å². The van der Waals surface area contributed by atoms with Crippen LogP contribution < -0.4 is 10.6 Å². The minimum Gasteiger partial charge on any atom is -0.508 e. The fourth-order valence-electron chi connectivity index (χ4n) is 4.17. The number of anilines is 1. The number of nitrogens with zero attached hydrogens (tertiary/aromatic N) is 1. The maximum atomic E-state index is 13.9. The van der Waals surface area contributed by atoms with Gasteiger partial charge in [0.1, 0.15) is 23.4 Å². The van der Waals surface area contributed by atoms with Crippen LogP contribution in [0, 0.1) is 6.92 Å². The summed E-state index contributed by atoms with van der Waals surface area (Å²) in [7, 11) is 0. The van der Waals surface area contributed by atoms with Gasteiger partial charge in [0.15, 0.2) is 0 Å². The molecule has 4 N–H and O–H groups in total. The van der Waals surface area contributed by atoms with Gasteiger partial charge in [0.05, 0.1) is 6.61 Å².